The lowest BCUT2D eigenvalue weighted by atomic mass is 10.1. The maximum absolute atomic E-state index is 5.67. The predicted octanol–water partition coefficient (Wildman–Crippen LogP) is 1.45. The van der Waals surface area contributed by atoms with Gasteiger partial charge in [0.2, 0.25) is 0 Å². The minimum Gasteiger partial charge on any atom is -0.494 e. The fraction of sp³-hybridized carbons (Fsp3) is 0.200. The van der Waals surface area contributed by atoms with Gasteiger partial charge < -0.3 is 10.5 Å². The summed E-state index contributed by atoms with van der Waals surface area (Å²) in [5.74, 6) is 3.24. The Bertz CT molecular complexity index is 312. The zero-order valence-electron chi connectivity index (χ0n) is 7.00. The van der Waals surface area contributed by atoms with E-state index >= 15 is 0 Å². The summed E-state index contributed by atoms with van der Waals surface area (Å²) in [6.45, 7) is 0. The molecule has 0 atom stereocenters. The van der Waals surface area contributed by atoms with Crippen molar-refractivity contribution in [3.8, 4) is 18.1 Å². The second-order valence-corrected chi connectivity index (χ2v) is 2.42. The highest BCUT2D eigenvalue weighted by Crippen LogP contribution is 2.25. The number of nitrogens with two attached hydrogens (primary N) is 1. The SMILES string of the molecule is C#CCc1cccc(N)c1OC. The van der Waals surface area contributed by atoms with Crippen LogP contribution in [0.2, 0.25) is 0 Å². The largest absolute Gasteiger partial charge is 0.494 e. The summed E-state index contributed by atoms with van der Waals surface area (Å²) >= 11 is 0. The van der Waals surface area contributed by atoms with E-state index in [1.54, 1.807) is 13.2 Å². The Morgan fingerprint density at radius 3 is 2.92 bits per heavy atom. The molecular formula is C10H11NO. The molecule has 0 fully saturated rings. The number of rotatable bonds is 2. The molecule has 0 aromatic heterocycles. The normalized spacial score (nSPS) is 9.00. The van der Waals surface area contributed by atoms with Gasteiger partial charge in [-0.3, -0.25) is 0 Å². The van der Waals surface area contributed by atoms with Gasteiger partial charge in [-0.2, -0.15) is 0 Å². The van der Waals surface area contributed by atoms with Crippen LogP contribution in [0.15, 0.2) is 18.2 Å². The molecule has 1 aromatic rings. The van der Waals surface area contributed by atoms with Gasteiger partial charge in [0.05, 0.1) is 12.8 Å². The van der Waals surface area contributed by atoms with Crippen molar-refractivity contribution >= 4 is 5.69 Å². The number of ether oxygens (including phenoxy) is 1. The molecule has 0 saturated heterocycles. The van der Waals surface area contributed by atoms with Crippen molar-refractivity contribution in [1.82, 2.24) is 0 Å². The van der Waals surface area contributed by atoms with E-state index in [9.17, 15) is 0 Å². The first-order valence-corrected chi connectivity index (χ1v) is 3.64. The predicted molar refractivity (Wildman–Crippen MR) is 49.9 cm³/mol. The Morgan fingerprint density at radius 1 is 1.58 bits per heavy atom. The van der Waals surface area contributed by atoms with E-state index in [1.165, 1.54) is 0 Å². The molecule has 0 unspecified atom stereocenters. The first kappa shape index (κ1) is 8.48. The Kier molecular flexibility index (Phi) is 2.60. The van der Waals surface area contributed by atoms with Crippen LogP contribution in [0.4, 0.5) is 5.69 Å². The van der Waals surface area contributed by atoms with Gasteiger partial charge in [0.15, 0.2) is 0 Å². The van der Waals surface area contributed by atoms with Crippen LogP contribution in [0.3, 0.4) is 0 Å². The van der Waals surface area contributed by atoms with Crippen molar-refractivity contribution in [2.75, 3.05) is 12.8 Å². The van der Waals surface area contributed by atoms with Gasteiger partial charge in [0.25, 0.3) is 0 Å². The van der Waals surface area contributed by atoms with Gasteiger partial charge in [0.1, 0.15) is 5.75 Å². The summed E-state index contributed by atoms with van der Waals surface area (Å²) in [7, 11) is 1.59. The zero-order chi connectivity index (χ0) is 8.97. The molecule has 2 nitrogen and oxygen atoms in total. The third kappa shape index (κ3) is 1.51. The molecule has 12 heavy (non-hydrogen) atoms. The van der Waals surface area contributed by atoms with Crippen molar-refractivity contribution in [2.24, 2.45) is 0 Å². The number of nitrogen functional groups attached to an aromatic ring is 1. The monoisotopic (exact) mass is 161 g/mol. The highest BCUT2D eigenvalue weighted by atomic mass is 16.5. The minimum atomic E-state index is 0.550. The highest BCUT2D eigenvalue weighted by Gasteiger charge is 2.03. The van der Waals surface area contributed by atoms with Gasteiger partial charge in [-0.25, -0.2) is 0 Å². The summed E-state index contributed by atoms with van der Waals surface area (Å²) in [4.78, 5) is 0. The molecule has 0 aliphatic carbocycles. The first-order valence-electron chi connectivity index (χ1n) is 3.64. The molecule has 0 aliphatic heterocycles. The van der Waals surface area contributed by atoms with Crippen LogP contribution >= 0.6 is 0 Å². The van der Waals surface area contributed by atoms with Crippen LogP contribution in [-0.2, 0) is 6.42 Å². The van der Waals surface area contributed by atoms with Crippen LogP contribution in [-0.4, -0.2) is 7.11 Å². The molecule has 0 radical (unpaired) electrons. The second-order valence-electron chi connectivity index (χ2n) is 2.42. The number of para-hydroxylation sites is 1. The number of anilines is 1. The molecule has 1 aromatic carbocycles. The van der Waals surface area contributed by atoms with Crippen molar-refractivity contribution < 1.29 is 4.74 Å². The number of terminal acetylenes is 1. The van der Waals surface area contributed by atoms with Crippen molar-refractivity contribution in [2.45, 2.75) is 6.42 Å². The summed E-state index contributed by atoms with van der Waals surface area (Å²) in [6.07, 6.45) is 5.74. The van der Waals surface area contributed by atoms with E-state index in [-0.39, 0.29) is 0 Å². The average molecular weight is 161 g/mol. The Balaban J connectivity index is 3.11. The quantitative estimate of drug-likeness (QED) is 0.526. The van der Waals surface area contributed by atoms with Crippen LogP contribution in [0, 0.1) is 12.3 Å². The fourth-order valence-corrected chi connectivity index (χ4v) is 1.10. The minimum absolute atomic E-state index is 0.550. The number of methoxy groups -OCH3 is 1. The fourth-order valence-electron chi connectivity index (χ4n) is 1.10. The summed E-state index contributed by atoms with van der Waals surface area (Å²) in [5.41, 5.74) is 7.26. The van der Waals surface area contributed by atoms with Gasteiger partial charge in [-0.05, 0) is 6.07 Å². The molecule has 0 aliphatic rings. The van der Waals surface area contributed by atoms with Crippen molar-refractivity contribution in [1.29, 1.82) is 0 Å². The number of hydrogen-bond donors (Lipinski definition) is 1. The van der Waals surface area contributed by atoms with E-state index < -0.39 is 0 Å². The molecule has 0 spiro atoms. The first-order chi connectivity index (χ1) is 5.79. The van der Waals surface area contributed by atoms with Crippen LogP contribution in [0.5, 0.6) is 5.75 Å². The third-order valence-electron chi connectivity index (χ3n) is 1.62. The summed E-state index contributed by atoms with van der Waals surface area (Å²) < 4.78 is 5.11. The Hall–Kier alpha value is -1.62. The summed E-state index contributed by atoms with van der Waals surface area (Å²) in [6, 6.07) is 5.57. The number of benzene rings is 1. The van der Waals surface area contributed by atoms with E-state index in [2.05, 4.69) is 5.92 Å². The van der Waals surface area contributed by atoms with E-state index in [0.717, 1.165) is 5.56 Å². The van der Waals surface area contributed by atoms with Crippen LogP contribution in [0.25, 0.3) is 0 Å². The van der Waals surface area contributed by atoms with Gasteiger partial charge in [0, 0.05) is 12.0 Å². The second kappa shape index (κ2) is 3.68. The van der Waals surface area contributed by atoms with Crippen LogP contribution < -0.4 is 10.5 Å². The standard InChI is InChI=1S/C10H11NO/c1-3-5-8-6-4-7-9(11)10(8)12-2/h1,4,6-7H,5,11H2,2H3. The topological polar surface area (TPSA) is 35.2 Å². The molecule has 0 amide bonds. The van der Waals surface area contributed by atoms with E-state index in [4.69, 9.17) is 16.9 Å². The molecular weight excluding hydrogens is 150 g/mol. The Labute approximate surface area is 72.3 Å². The van der Waals surface area contributed by atoms with Gasteiger partial charge in [-0.1, -0.05) is 12.1 Å². The molecule has 2 N–H and O–H groups in total. The average Bonchev–Trinajstić information content (AvgIpc) is 2.05. The van der Waals surface area contributed by atoms with Gasteiger partial charge in [-0.15, -0.1) is 12.3 Å². The maximum atomic E-state index is 5.67. The molecule has 62 valence electrons. The molecule has 0 bridgehead atoms. The van der Waals surface area contributed by atoms with Crippen molar-refractivity contribution in [3.63, 3.8) is 0 Å². The molecule has 2 heteroatoms. The molecule has 0 heterocycles. The number of hydrogen-bond acceptors (Lipinski definition) is 2. The lowest BCUT2D eigenvalue weighted by molar-refractivity contribution is 0.413. The van der Waals surface area contributed by atoms with Crippen LogP contribution in [0.1, 0.15) is 5.56 Å². The lowest BCUT2D eigenvalue weighted by Gasteiger charge is -2.07. The third-order valence-corrected chi connectivity index (χ3v) is 1.62. The lowest BCUT2D eigenvalue weighted by Crippen LogP contribution is -1.96. The summed E-state index contributed by atoms with van der Waals surface area (Å²) in [5, 5.41) is 0. The molecule has 0 saturated carbocycles. The van der Waals surface area contributed by atoms with Gasteiger partial charge >= 0.3 is 0 Å². The zero-order valence-corrected chi connectivity index (χ0v) is 7.00. The Morgan fingerprint density at radius 2 is 2.33 bits per heavy atom. The molecule has 1 rings (SSSR count). The maximum Gasteiger partial charge on any atom is 0.145 e. The van der Waals surface area contributed by atoms with E-state index in [1.807, 2.05) is 12.1 Å². The van der Waals surface area contributed by atoms with E-state index in [0.29, 0.717) is 17.9 Å². The highest BCUT2D eigenvalue weighted by molar-refractivity contribution is 5.57. The smallest absolute Gasteiger partial charge is 0.145 e. The van der Waals surface area contributed by atoms with Crippen molar-refractivity contribution in [3.05, 3.63) is 23.8 Å².